The van der Waals surface area contributed by atoms with Crippen LogP contribution in [0, 0.1) is 11.8 Å². The van der Waals surface area contributed by atoms with Gasteiger partial charge in [-0.2, -0.15) is 0 Å². The molecule has 0 bridgehead atoms. The van der Waals surface area contributed by atoms with Crippen LogP contribution in [0.5, 0.6) is 0 Å². The number of nitrogens with zero attached hydrogens (tertiary/aromatic N) is 4. The molecule has 6 rings (SSSR count). The number of rotatable bonds is 3. The van der Waals surface area contributed by atoms with Gasteiger partial charge in [-0.05, 0) is 54.4 Å². The molecule has 34 heavy (non-hydrogen) atoms. The number of aliphatic hydroxyl groups is 1. The van der Waals surface area contributed by atoms with Crippen LogP contribution in [0.2, 0.25) is 0 Å². The standard InChI is InChI=1S/C27H28N4O3/c1-29-24-21(15-31-23(24)7-6-20(26(31)33)18-8-11-28-12-9-18)22(16-32)25(29)27(34)30-13-10-17-4-2-3-5-19(17)14-30/h2-9,11-12,21-22,24-25,32H,10,13-16H2,1H3/t21-,22-,24+,25-/m0/s1. The maximum Gasteiger partial charge on any atom is 0.258 e. The van der Waals surface area contributed by atoms with Crippen molar-refractivity contribution >= 4 is 5.91 Å². The number of pyridine rings is 2. The maximum absolute atomic E-state index is 13.7. The summed E-state index contributed by atoms with van der Waals surface area (Å²) in [6.07, 6.45) is 4.23. The van der Waals surface area contributed by atoms with E-state index in [-0.39, 0.29) is 36.0 Å². The molecule has 0 radical (unpaired) electrons. The Balaban J connectivity index is 1.31. The number of carbonyl (C=O) groups excluding carboxylic acids is 1. The van der Waals surface area contributed by atoms with Crippen molar-refractivity contribution in [2.45, 2.75) is 31.6 Å². The van der Waals surface area contributed by atoms with Gasteiger partial charge in [0.15, 0.2) is 0 Å². The predicted octanol–water partition coefficient (Wildman–Crippen LogP) is 2.09. The summed E-state index contributed by atoms with van der Waals surface area (Å²) >= 11 is 0. The molecule has 1 N–H and O–H groups in total. The summed E-state index contributed by atoms with van der Waals surface area (Å²) in [5.41, 5.74) is 4.89. The highest BCUT2D eigenvalue weighted by Gasteiger charge is 2.55. The molecule has 0 unspecified atom stereocenters. The Morgan fingerprint density at radius 1 is 1.09 bits per heavy atom. The number of amides is 1. The van der Waals surface area contributed by atoms with Crippen LogP contribution in [0.25, 0.3) is 11.1 Å². The first kappa shape index (κ1) is 21.3. The minimum atomic E-state index is -0.394. The molecule has 0 spiro atoms. The van der Waals surface area contributed by atoms with Crippen molar-refractivity contribution in [3.8, 4) is 11.1 Å². The van der Waals surface area contributed by atoms with Crippen molar-refractivity contribution < 1.29 is 9.90 Å². The number of hydrogen-bond acceptors (Lipinski definition) is 5. The number of fused-ring (bicyclic) bond motifs is 4. The van der Waals surface area contributed by atoms with Gasteiger partial charge in [0.25, 0.3) is 5.56 Å². The summed E-state index contributed by atoms with van der Waals surface area (Å²) in [5, 5.41) is 10.4. The molecule has 3 aliphatic rings. The summed E-state index contributed by atoms with van der Waals surface area (Å²) < 4.78 is 1.84. The molecule has 3 aliphatic heterocycles. The first-order valence-electron chi connectivity index (χ1n) is 11.9. The van der Waals surface area contributed by atoms with Gasteiger partial charge in [0.1, 0.15) is 0 Å². The molecule has 7 nitrogen and oxygen atoms in total. The molecule has 1 aromatic carbocycles. The van der Waals surface area contributed by atoms with Crippen LogP contribution in [-0.2, 0) is 24.3 Å². The molecule has 4 atom stereocenters. The molecule has 5 heterocycles. The summed E-state index contributed by atoms with van der Waals surface area (Å²) in [6, 6.07) is 15.4. The van der Waals surface area contributed by atoms with Crippen LogP contribution in [0.3, 0.4) is 0 Å². The SMILES string of the molecule is CN1[C@H](C(=O)N2CCc3ccccc3C2)[C@@H](CO)[C@@H]2Cn3c(ccc(-c4ccncc4)c3=O)[C@@H]21. The minimum absolute atomic E-state index is 0.0152. The Morgan fingerprint density at radius 2 is 1.85 bits per heavy atom. The fourth-order valence-corrected chi connectivity index (χ4v) is 6.37. The van der Waals surface area contributed by atoms with Gasteiger partial charge in [-0.1, -0.05) is 24.3 Å². The van der Waals surface area contributed by atoms with Gasteiger partial charge in [-0.25, -0.2) is 0 Å². The lowest BCUT2D eigenvalue weighted by Gasteiger charge is -2.35. The van der Waals surface area contributed by atoms with Crippen molar-refractivity contribution in [3.63, 3.8) is 0 Å². The Hall–Kier alpha value is -3.29. The second-order valence-corrected chi connectivity index (χ2v) is 9.67. The number of benzene rings is 1. The Morgan fingerprint density at radius 3 is 2.62 bits per heavy atom. The second kappa shape index (κ2) is 8.18. The molecular formula is C27H28N4O3. The third-order valence-corrected chi connectivity index (χ3v) is 8.04. The maximum atomic E-state index is 13.7. The minimum Gasteiger partial charge on any atom is -0.396 e. The molecule has 7 heteroatoms. The molecular weight excluding hydrogens is 428 g/mol. The lowest BCUT2D eigenvalue weighted by molar-refractivity contribution is -0.138. The Bertz CT molecular complexity index is 1300. The van der Waals surface area contributed by atoms with E-state index in [1.807, 2.05) is 52.9 Å². The Labute approximate surface area is 198 Å². The normalized spacial score (nSPS) is 25.6. The van der Waals surface area contributed by atoms with E-state index in [2.05, 4.69) is 22.0 Å². The molecule has 0 aliphatic carbocycles. The molecule has 1 saturated heterocycles. The molecule has 174 valence electrons. The number of aliphatic hydroxyl groups excluding tert-OH is 1. The van der Waals surface area contributed by atoms with E-state index in [1.54, 1.807) is 12.4 Å². The van der Waals surface area contributed by atoms with Crippen molar-refractivity contribution in [1.82, 2.24) is 19.4 Å². The van der Waals surface area contributed by atoms with E-state index < -0.39 is 6.04 Å². The summed E-state index contributed by atoms with van der Waals surface area (Å²) in [5.74, 6) is -0.127. The summed E-state index contributed by atoms with van der Waals surface area (Å²) in [6.45, 7) is 1.74. The first-order valence-corrected chi connectivity index (χ1v) is 11.9. The van der Waals surface area contributed by atoms with Gasteiger partial charge in [0, 0.05) is 61.7 Å². The zero-order valence-electron chi connectivity index (χ0n) is 19.2. The topological polar surface area (TPSA) is 78.7 Å². The smallest absolute Gasteiger partial charge is 0.258 e. The van der Waals surface area contributed by atoms with Crippen LogP contribution in [-0.4, -0.2) is 56.6 Å². The highest BCUT2D eigenvalue weighted by atomic mass is 16.3. The van der Waals surface area contributed by atoms with Crippen molar-refractivity contribution in [2.24, 2.45) is 11.8 Å². The summed E-state index contributed by atoms with van der Waals surface area (Å²) in [7, 11) is 1.96. The van der Waals surface area contributed by atoms with Gasteiger partial charge in [-0.3, -0.25) is 19.5 Å². The van der Waals surface area contributed by atoms with Gasteiger partial charge in [-0.15, -0.1) is 0 Å². The molecule has 3 aromatic rings. The monoisotopic (exact) mass is 456 g/mol. The third kappa shape index (κ3) is 3.15. The quantitative estimate of drug-likeness (QED) is 0.653. The largest absolute Gasteiger partial charge is 0.396 e. The number of hydrogen-bond donors (Lipinski definition) is 1. The highest BCUT2D eigenvalue weighted by Crippen LogP contribution is 2.48. The molecule has 1 amide bonds. The van der Waals surface area contributed by atoms with Crippen molar-refractivity contribution in [3.05, 3.63) is 88.1 Å². The zero-order chi connectivity index (χ0) is 23.4. The second-order valence-electron chi connectivity index (χ2n) is 9.67. The van der Waals surface area contributed by atoms with Gasteiger partial charge >= 0.3 is 0 Å². The van der Waals surface area contributed by atoms with E-state index in [0.717, 1.165) is 17.7 Å². The Kier molecular flexibility index (Phi) is 5.12. The average molecular weight is 457 g/mol. The molecule has 1 fully saturated rings. The lowest BCUT2D eigenvalue weighted by atomic mass is 9.87. The van der Waals surface area contributed by atoms with E-state index >= 15 is 0 Å². The van der Waals surface area contributed by atoms with E-state index in [0.29, 0.717) is 25.2 Å². The number of aromatic nitrogens is 2. The van der Waals surface area contributed by atoms with E-state index in [9.17, 15) is 14.7 Å². The number of carbonyl (C=O) groups is 1. The average Bonchev–Trinajstić information content (AvgIpc) is 3.39. The predicted molar refractivity (Wildman–Crippen MR) is 128 cm³/mol. The van der Waals surface area contributed by atoms with E-state index in [4.69, 9.17) is 0 Å². The van der Waals surface area contributed by atoms with Gasteiger partial charge in [0.05, 0.1) is 12.1 Å². The summed E-state index contributed by atoms with van der Waals surface area (Å²) in [4.78, 5) is 35.2. The highest BCUT2D eigenvalue weighted by molar-refractivity contribution is 5.83. The van der Waals surface area contributed by atoms with Crippen LogP contribution in [0.1, 0.15) is 22.9 Å². The van der Waals surface area contributed by atoms with Crippen LogP contribution >= 0.6 is 0 Å². The first-order chi connectivity index (χ1) is 16.6. The van der Waals surface area contributed by atoms with Crippen LogP contribution in [0.15, 0.2) is 65.7 Å². The van der Waals surface area contributed by atoms with Crippen molar-refractivity contribution in [2.75, 3.05) is 20.2 Å². The number of likely N-dealkylation sites (tertiary alicyclic amines) is 1. The van der Waals surface area contributed by atoms with E-state index in [1.165, 1.54) is 11.1 Å². The zero-order valence-corrected chi connectivity index (χ0v) is 19.2. The third-order valence-electron chi connectivity index (χ3n) is 8.04. The van der Waals surface area contributed by atoms with Gasteiger partial charge < -0.3 is 14.6 Å². The molecule has 0 saturated carbocycles. The van der Waals surface area contributed by atoms with Gasteiger partial charge in [0.2, 0.25) is 5.91 Å². The van der Waals surface area contributed by atoms with Crippen LogP contribution < -0.4 is 5.56 Å². The lowest BCUT2D eigenvalue weighted by Crippen LogP contribution is -2.50. The fourth-order valence-electron chi connectivity index (χ4n) is 6.37. The fraction of sp³-hybridized carbons (Fsp3) is 0.370. The van der Waals surface area contributed by atoms with Crippen molar-refractivity contribution in [1.29, 1.82) is 0 Å². The number of likely N-dealkylation sites (N-methyl/N-ethyl adjacent to an activating group) is 1. The molecule has 2 aromatic heterocycles. The van der Waals surface area contributed by atoms with Crippen LogP contribution in [0.4, 0.5) is 0 Å².